The van der Waals surface area contributed by atoms with E-state index in [1.807, 2.05) is 6.07 Å². The first-order valence-electron chi connectivity index (χ1n) is 4.09. The highest BCUT2D eigenvalue weighted by Gasteiger charge is 2.25. The van der Waals surface area contributed by atoms with Crippen LogP contribution in [0.5, 0.6) is 0 Å². The number of ether oxygens (including phenoxy) is 1. The summed E-state index contributed by atoms with van der Waals surface area (Å²) in [6, 6.07) is 2.00. The van der Waals surface area contributed by atoms with Crippen molar-refractivity contribution >= 4 is 21.8 Å². The van der Waals surface area contributed by atoms with Gasteiger partial charge < -0.3 is 9.64 Å². The van der Waals surface area contributed by atoms with Gasteiger partial charge in [-0.2, -0.15) is 5.26 Å². The van der Waals surface area contributed by atoms with Gasteiger partial charge in [0.25, 0.3) is 0 Å². The predicted octanol–water partition coefficient (Wildman–Crippen LogP) is 0.521. The zero-order valence-corrected chi connectivity index (χ0v) is 8.95. The molecule has 1 fully saturated rings. The van der Waals surface area contributed by atoms with E-state index in [2.05, 4.69) is 15.9 Å². The highest BCUT2D eigenvalue weighted by molar-refractivity contribution is 9.10. The molecule has 0 aromatic rings. The number of morpholine rings is 1. The lowest BCUT2D eigenvalue weighted by Crippen LogP contribution is -2.47. The predicted molar refractivity (Wildman–Crippen MR) is 50.3 cm³/mol. The Bertz CT molecular complexity index is 237. The smallest absolute Gasteiger partial charge is 0.236 e. The number of carbonyl (C=O) groups excluding carboxylic acids is 1. The molecule has 1 aliphatic rings. The largest absolute Gasteiger partial charge is 0.360 e. The van der Waals surface area contributed by atoms with E-state index in [0.717, 1.165) is 0 Å². The van der Waals surface area contributed by atoms with Gasteiger partial charge in [-0.05, 0) is 6.92 Å². The van der Waals surface area contributed by atoms with E-state index in [9.17, 15) is 4.79 Å². The van der Waals surface area contributed by atoms with E-state index in [1.54, 1.807) is 11.8 Å². The number of nitriles is 1. The van der Waals surface area contributed by atoms with E-state index >= 15 is 0 Å². The lowest BCUT2D eigenvalue weighted by atomic mass is 10.2. The van der Waals surface area contributed by atoms with Crippen molar-refractivity contribution in [2.75, 3.05) is 19.7 Å². The zero-order valence-electron chi connectivity index (χ0n) is 7.36. The fourth-order valence-electron chi connectivity index (χ4n) is 1.18. The zero-order chi connectivity index (χ0) is 9.84. The van der Waals surface area contributed by atoms with Crippen LogP contribution < -0.4 is 0 Å². The third kappa shape index (κ3) is 2.68. The molecule has 1 saturated heterocycles. The number of hydrogen-bond donors (Lipinski definition) is 0. The standard InChI is InChI=1S/C8H11BrN2O2/c1-6(9)8(12)11-2-3-13-7(4-10)5-11/h6-7H,2-3,5H2,1H3. The first-order valence-corrected chi connectivity index (χ1v) is 5.01. The third-order valence-electron chi connectivity index (χ3n) is 1.86. The minimum Gasteiger partial charge on any atom is -0.360 e. The first-order chi connectivity index (χ1) is 6.15. The van der Waals surface area contributed by atoms with Gasteiger partial charge in [0, 0.05) is 6.54 Å². The second-order valence-corrected chi connectivity index (χ2v) is 4.26. The number of hydrogen-bond acceptors (Lipinski definition) is 3. The molecule has 0 bridgehead atoms. The Kier molecular flexibility index (Phi) is 3.70. The van der Waals surface area contributed by atoms with Crippen molar-refractivity contribution in [2.24, 2.45) is 0 Å². The van der Waals surface area contributed by atoms with E-state index in [4.69, 9.17) is 10.00 Å². The molecule has 0 aliphatic carbocycles. The summed E-state index contributed by atoms with van der Waals surface area (Å²) in [6.45, 7) is 3.18. The normalized spacial score (nSPS) is 25.0. The van der Waals surface area contributed by atoms with E-state index in [0.29, 0.717) is 19.7 Å². The van der Waals surface area contributed by atoms with Crippen LogP contribution in [0.25, 0.3) is 0 Å². The highest BCUT2D eigenvalue weighted by atomic mass is 79.9. The van der Waals surface area contributed by atoms with Crippen molar-refractivity contribution in [3.05, 3.63) is 0 Å². The van der Waals surface area contributed by atoms with Gasteiger partial charge in [0.1, 0.15) is 0 Å². The van der Waals surface area contributed by atoms with Gasteiger partial charge in [0.2, 0.25) is 5.91 Å². The van der Waals surface area contributed by atoms with Crippen molar-refractivity contribution in [2.45, 2.75) is 17.9 Å². The van der Waals surface area contributed by atoms with Gasteiger partial charge in [-0.3, -0.25) is 4.79 Å². The van der Waals surface area contributed by atoms with Gasteiger partial charge in [-0.1, -0.05) is 15.9 Å². The van der Waals surface area contributed by atoms with Gasteiger partial charge in [0.15, 0.2) is 6.10 Å². The van der Waals surface area contributed by atoms with Gasteiger partial charge >= 0.3 is 0 Å². The molecule has 0 spiro atoms. The summed E-state index contributed by atoms with van der Waals surface area (Å²) in [6.07, 6.45) is -0.469. The van der Waals surface area contributed by atoms with Crippen LogP contribution in [0.3, 0.4) is 0 Å². The van der Waals surface area contributed by atoms with Gasteiger partial charge in [0.05, 0.1) is 24.0 Å². The topological polar surface area (TPSA) is 53.3 Å². The first kappa shape index (κ1) is 10.5. The van der Waals surface area contributed by atoms with Gasteiger partial charge in [-0.25, -0.2) is 0 Å². The molecule has 0 aromatic heterocycles. The molecule has 1 amide bonds. The summed E-state index contributed by atoms with van der Waals surface area (Å²) in [7, 11) is 0. The second-order valence-electron chi connectivity index (χ2n) is 2.89. The van der Waals surface area contributed by atoms with Crippen molar-refractivity contribution < 1.29 is 9.53 Å². The van der Waals surface area contributed by atoms with Crippen LogP contribution in [-0.2, 0) is 9.53 Å². The number of alkyl halides is 1. The van der Waals surface area contributed by atoms with Crippen LogP contribution in [0.4, 0.5) is 0 Å². The number of rotatable bonds is 1. The van der Waals surface area contributed by atoms with Crippen LogP contribution in [-0.4, -0.2) is 41.4 Å². The number of halogens is 1. The lowest BCUT2D eigenvalue weighted by molar-refractivity contribution is -0.135. The molecule has 2 atom stereocenters. The van der Waals surface area contributed by atoms with E-state index < -0.39 is 6.10 Å². The van der Waals surface area contributed by atoms with Crippen molar-refractivity contribution in [3.8, 4) is 6.07 Å². The summed E-state index contributed by atoms with van der Waals surface area (Å²) in [5.41, 5.74) is 0. The lowest BCUT2D eigenvalue weighted by Gasteiger charge is -2.30. The number of carbonyl (C=O) groups is 1. The monoisotopic (exact) mass is 246 g/mol. The summed E-state index contributed by atoms with van der Waals surface area (Å²) in [5.74, 6) is 0.0172. The van der Waals surface area contributed by atoms with Crippen LogP contribution in [0.2, 0.25) is 0 Å². The second kappa shape index (κ2) is 4.58. The summed E-state index contributed by atoms with van der Waals surface area (Å²) in [4.78, 5) is 12.9. The molecular weight excluding hydrogens is 236 g/mol. The van der Waals surface area contributed by atoms with Crippen LogP contribution in [0.1, 0.15) is 6.92 Å². The molecule has 1 rings (SSSR count). The average Bonchev–Trinajstić information content (AvgIpc) is 2.16. The number of nitrogens with zero attached hydrogens (tertiary/aromatic N) is 2. The van der Waals surface area contributed by atoms with Crippen LogP contribution >= 0.6 is 15.9 Å². The Labute approximate surface area is 85.6 Å². The summed E-state index contributed by atoms with van der Waals surface area (Å²) < 4.78 is 5.12. The molecule has 1 heterocycles. The maximum Gasteiger partial charge on any atom is 0.236 e. The molecule has 4 nitrogen and oxygen atoms in total. The Morgan fingerprint density at radius 1 is 1.85 bits per heavy atom. The fourth-order valence-corrected chi connectivity index (χ4v) is 1.47. The number of amides is 1. The molecule has 1 aliphatic heterocycles. The van der Waals surface area contributed by atoms with Crippen LogP contribution in [0, 0.1) is 11.3 Å². The summed E-state index contributed by atoms with van der Waals surface area (Å²) >= 11 is 3.20. The minimum absolute atomic E-state index is 0.0172. The maximum atomic E-state index is 11.5. The maximum absolute atomic E-state index is 11.5. The van der Waals surface area contributed by atoms with Crippen LogP contribution in [0.15, 0.2) is 0 Å². The molecule has 2 unspecified atom stereocenters. The third-order valence-corrected chi connectivity index (χ3v) is 2.25. The SMILES string of the molecule is CC(Br)C(=O)N1CCOC(C#N)C1. The Morgan fingerprint density at radius 2 is 2.54 bits per heavy atom. The Balaban J connectivity index is 2.52. The van der Waals surface area contributed by atoms with Gasteiger partial charge in [-0.15, -0.1) is 0 Å². The molecule has 5 heteroatoms. The molecule has 0 radical (unpaired) electrons. The van der Waals surface area contributed by atoms with Crippen molar-refractivity contribution in [1.82, 2.24) is 4.90 Å². The average molecular weight is 247 g/mol. The molecule has 13 heavy (non-hydrogen) atoms. The molecule has 0 aromatic carbocycles. The van der Waals surface area contributed by atoms with Crippen molar-refractivity contribution in [1.29, 1.82) is 5.26 Å². The molecule has 0 saturated carbocycles. The molecular formula is C8H11BrN2O2. The Morgan fingerprint density at radius 3 is 3.08 bits per heavy atom. The molecule has 72 valence electrons. The van der Waals surface area contributed by atoms with E-state index in [-0.39, 0.29) is 10.7 Å². The quantitative estimate of drug-likeness (QED) is 0.635. The fraction of sp³-hybridized carbons (Fsp3) is 0.750. The van der Waals surface area contributed by atoms with E-state index in [1.165, 1.54) is 0 Å². The minimum atomic E-state index is -0.469. The molecule has 0 N–H and O–H groups in total. The Hall–Kier alpha value is -0.600. The highest BCUT2D eigenvalue weighted by Crippen LogP contribution is 2.09. The van der Waals surface area contributed by atoms with Crippen molar-refractivity contribution in [3.63, 3.8) is 0 Å². The summed E-state index contributed by atoms with van der Waals surface area (Å²) in [5, 5.41) is 8.60.